The summed E-state index contributed by atoms with van der Waals surface area (Å²) in [6.07, 6.45) is 1.27. The van der Waals surface area contributed by atoms with Gasteiger partial charge in [0.2, 0.25) is 15.9 Å². The molecular formula is C22H25Cl2N3O4S. The number of carbonyl (C=O) groups is 2. The normalized spacial score (nSPS) is 17.4. The third kappa shape index (κ3) is 5.26. The summed E-state index contributed by atoms with van der Waals surface area (Å²) in [5, 5.41) is 3.65. The minimum absolute atomic E-state index is 0.178. The maximum Gasteiger partial charge on any atom is 0.254 e. The van der Waals surface area contributed by atoms with Crippen molar-refractivity contribution >= 4 is 45.0 Å². The van der Waals surface area contributed by atoms with E-state index in [1.54, 1.807) is 18.2 Å². The number of halogens is 2. The minimum Gasteiger partial charge on any atom is -0.348 e. The number of rotatable bonds is 6. The van der Waals surface area contributed by atoms with Crippen molar-refractivity contribution in [3.63, 3.8) is 0 Å². The summed E-state index contributed by atoms with van der Waals surface area (Å²) < 4.78 is 25.6. The smallest absolute Gasteiger partial charge is 0.254 e. The molecule has 0 spiro atoms. The number of carbonyl (C=O) groups excluding carboxylic acids is 2. The number of sulfonamides is 1. The molecule has 0 aromatic heterocycles. The van der Waals surface area contributed by atoms with E-state index in [-0.39, 0.29) is 22.8 Å². The molecule has 2 aromatic rings. The molecule has 0 aliphatic carbocycles. The Morgan fingerprint density at radius 2 is 1.69 bits per heavy atom. The topological polar surface area (TPSA) is 86.8 Å². The second-order valence-electron chi connectivity index (χ2n) is 7.90. The lowest BCUT2D eigenvalue weighted by molar-refractivity contribution is -0.125. The summed E-state index contributed by atoms with van der Waals surface area (Å²) in [4.78, 5) is 27.7. The molecule has 2 aromatic carbocycles. The van der Waals surface area contributed by atoms with Gasteiger partial charge in [-0.15, -0.1) is 0 Å². The lowest BCUT2D eigenvalue weighted by Crippen LogP contribution is -2.46. The van der Waals surface area contributed by atoms with E-state index in [0.717, 1.165) is 9.87 Å². The predicted molar refractivity (Wildman–Crippen MR) is 124 cm³/mol. The molecule has 0 saturated carbocycles. The zero-order valence-electron chi connectivity index (χ0n) is 18.0. The van der Waals surface area contributed by atoms with E-state index < -0.39 is 16.1 Å². The van der Waals surface area contributed by atoms with Crippen molar-refractivity contribution in [1.29, 1.82) is 0 Å². The number of hydrogen-bond donors (Lipinski definition) is 1. The average molecular weight is 498 g/mol. The molecule has 10 heteroatoms. The van der Waals surface area contributed by atoms with Crippen molar-refractivity contribution in [1.82, 2.24) is 14.5 Å². The molecule has 1 fully saturated rings. The van der Waals surface area contributed by atoms with Crippen LogP contribution in [0.3, 0.4) is 0 Å². The molecule has 0 bridgehead atoms. The number of benzene rings is 2. The van der Waals surface area contributed by atoms with Gasteiger partial charge in [0.25, 0.3) is 5.91 Å². The van der Waals surface area contributed by atoms with Crippen molar-refractivity contribution in [2.75, 3.05) is 20.6 Å². The largest absolute Gasteiger partial charge is 0.348 e. The van der Waals surface area contributed by atoms with Gasteiger partial charge in [-0.05, 0) is 55.7 Å². The number of hydrogen-bond acceptors (Lipinski definition) is 4. The van der Waals surface area contributed by atoms with E-state index >= 15 is 0 Å². The fourth-order valence-corrected chi connectivity index (χ4v) is 5.09. The summed E-state index contributed by atoms with van der Waals surface area (Å²) in [7, 11) is -0.581. The standard InChI is InChI=1S/C22H25Cl2N3O4S/c1-14(15-6-8-19(9-7-15)32(30,31)26(2)3)25-21(28)20-5-4-10-27(20)22(29)16-11-17(23)13-18(24)12-16/h6-9,11-14,20H,4-5,10H2,1-3H3,(H,25,28). The van der Waals surface area contributed by atoms with Crippen LogP contribution in [-0.4, -0.2) is 56.1 Å². The maximum absolute atomic E-state index is 13.0. The Hall–Kier alpha value is -2.13. The van der Waals surface area contributed by atoms with Crippen LogP contribution in [-0.2, 0) is 14.8 Å². The van der Waals surface area contributed by atoms with Crippen molar-refractivity contribution in [3.8, 4) is 0 Å². The van der Waals surface area contributed by atoms with Crippen LogP contribution in [0.25, 0.3) is 0 Å². The van der Waals surface area contributed by atoms with Gasteiger partial charge in [-0.3, -0.25) is 9.59 Å². The van der Waals surface area contributed by atoms with Gasteiger partial charge in [0.1, 0.15) is 6.04 Å². The van der Waals surface area contributed by atoms with Crippen LogP contribution in [0.2, 0.25) is 10.0 Å². The van der Waals surface area contributed by atoms with Crippen LogP contribution < -0.4 is 5.32 Å². The molecule has 1 saturated heterocycles. The van der Waals surface area contributed by atoms with Gasteiger partial charge in [0.15, 0.2) is 0 Å². The Bertz CT molecular complexity index is 1100. The molecule has 1 N–H and O–H groups in total. The van der Waals surface area contributed by atoms with Gasteiger partial charge in [0.05, 0.1) is 10.9 Å². The van der Waals surface area contributed by atoms with Gasteiger partial charge in [0, 0.05) is 36.2 Å². The Labute approximate surface area is 198 Å². The Morgan fingerprint density at radius 3 is 2.25 bits per heavy atom. The second-order valence-corrected chi connectivity index (χ2v) is 10.9. The third-order valence-corrected chi connectivity index (χ3v) is 7.71. The lowest BCUT2D eigenvalue weighted by Gasteiger charge is -2.26. The highest BCUT2D eigenvalue weighted by atomic mass is 35.5. The zero-order chi connectivity index (χ0) is 23.6. The van der Waals surface area contributed by atoms with Gasteiger partial charge in [-0.2, -0.15) is 0 Å². The number of amides is 2. The van der Waals surface area contributed by atoms with E-state index in [1.165, 1.54) is 43.3 Å². The quantitative estimate of drug-likeness (QED) is 0.658. The minimum atomic E-state index is -3.52. The fraction of sp³-hybridized carbons (Fsp3) is 0.364. The first-order valence-corrected chi connectivity index (χ1v) is 12.3. The van der Waals surface area contributed by atoms with E-state index in [1.807, 2.05) is 6.92 Å². The van der Waals surface area contributed by atoms with E-state index in [4.69, 9.17) is 23.2 Å². The molecule has 1 heterocycles. The first-order valence-electron chi connectivity index (χ1n) is 10.1. The zero-order valence-corrected chi connectivity index (χ0v) is 20.3. The second kappa shape index (κ2) is 9.79. The first-order chi connectivity index (χ1) is 15.0. The molecule has 7 nitrogen and oxygen atoms in total. The molecule has 2 atom stereocenters. The first kappa shape index (κ1) is 24.5. The van der Waals surface area contributed by atoms with E-state index in [9.17, 15) is 18.0 Å². The van der Waals surface area contributed by atoms with Crippen molar-refractivity contribution in [2.24, 2.45) is 0 Å². The van der Waals surface area contributed by atoms with Gasteiger partial charge >= 0.3 is 0 Å². The van der Waals surface area contributed by atoms with Crippen molar-refractivity contribution < 1.29 is 18.0 Å². The summed E-state index contributed by atoms with van der Waals surface area (Å²) in [5.74, 6) is -0.556. The van der Waals surface area contributed by atoms with Crippen LogP contribution in [0.4, 0.5) is 0 Å². The van der Waals surface area contributed by atoms with E-state index in [2.05, 4.69) is 5.32 Å². The molecule has 2 unspecified atom stereocenters. The predicted octanol–water partition coefficient (Wildman–Crippen LogP) is 3.73. The maximum atomic E-state index is 13.0. The molecule has 2 amide bonds. The summed E-state index contributed by atoms with van der Waals surface area (Å²) in [6.45, 7) is 2.28. The van der Waals surface area contributed by atoms with Crippen LogP contribution >= 0.6 is 23.2 Å². The number of nitrogens with zero attached hydrogens (tertiary/aromatic N) is 2. The van der Waals surface area contributed by atoms with Crippen molar-refractivity contribution in [2.45, 2.75) is 36.7 Å². The molecule has 3 rings (SSSR count). The molecule has 172 valence electrons. The highest BCUT2D eigenvalue weighted by Crippen LogP contribution is 2.25. The van der Waals surface area contributed by atoms with Crippen LogP contribution in [0.1, 0.15) is 41.7 Å². The lowest BCUT2D eigenvalue weighted by atomic mass is 10.1. The molecule has 0 radical (unpaired) electrons. The average Bonchev–Trinajstić information content (AvgIpc) is 3.22. The summed E-state index contributed by atoms with van der Waals surface area (Å²) >= 11 is 12.0. The third-order valence-electron chi connectivity index (χ3n) is 5.44. The number of likely N-dealkylation sites (tertiary alicyclic amines) is 1. The summed E-state index contributed by atoms with van der Waals surface area (Å²) in [6, 6.07) is 10.0. The fourth-order valence-electron chi connectivity index (χ4n) is 3.66. The van der Waals surface area contributed by atoms with Crippen LogP contribution in [0, 0.1) is 0 Å². The molecular weight excluding hydrogens is 473 g/mol. The molecule has 1 aliphatic heterocycles. The van der Waals surface area contributed by atoms with Crippen molar-refractivity contribution in [3.05, 3.63) is 63.6 Å². The SMILES string of the molecule is CC(NC(=O)C1CCCN1C(=O)c1cc(Cl)cc(Cl)c1)c1ccc(S(=O)(=O)N(C)C)cc1. The Balaban J connectivity index is 1.71. The van der Waals surface area contributed by atoms with Gasteiger partial charge in [-0.25, -0.2) is 12.7 Å². The molecule has 1 aliphatic rings. The van der Waals surface area contributed by atoms with Gasteiger partial charge in [-0.1, -0.05) is 35.3 Å². The van der Waals surface area contributed by atoms with Crippen LogP contribution in [0.5, 0.6) is 0 Å². The van der Waals surface area contributed by atoms with Crippen LogP contribution in [0.15, 0.2) is 47.4 Å². The van der Waals surface area contributed by atoms with E-state index in [0.29, 0.717) is 35.0 Å². The highest BCUT2D eigenvalue weighted by molar-refractivity contribution is 7.89. The Kier molecular flexibility index (Phi) is 7.50. The number of nitrogens with one attached hydrogen (secondary N) is 1. The highest BCUT2D eigenvalue weighted by Gasteiger charge is 2.35. The van der Waals surface area contributed by atoms with Gasteiger partial charge < -0.3 is 10.2 Å². The molecule has 32 heavy (non-hydrogen) atoms. The monoisotopic (exact) mass is 497 g/mol. The summed E-state index contributed by atoms with van der Waals surface area (Å²) in [5.41, 5.74) is 1.10. The Morgan fingerprint density at radius 1 is 1.09 bits per heavy atom.